The molecule has 168 valence electrons. The predicted molar refractivity (Wildman–Crippen MR) is 121 cm³/mol. The smallest absolute Gasteiger partial charge is 0.215 e. The number of ether oxygens (including phenoxy) is 1. The SMILES string of the molecule is CS(=N)(=O)Cc1cc2nc(c1)OCCCCCc1cc(F)ccc1-c1cc(ncc1F)N2. The van der Waals surface area contributed by atoms with Crippen LogP contribution in [0.15, 0.2) is 42.6 Å². The van der Waals surface area contributed by atoms with Gasteiger partial charge in [-0.3, -0.25) is 4.78 Å². The molecule has 1 atom stereocenters. The summed E-state index contributed by atoms with van der Waals surface area (Å²) in [6, 6.07) is 9.30. The van der Waals surface area contributed by atoms with Gasteiger partial charge in [0.15, 0.2) is 0 Å². The Morgan fingerprint density at radius 2 is 1.94 bits per heavy atom. The van der Waals surface area contributed by atoms with E-state index in [1.54, 1.807) is 24.3 Å². The highest BCUT2D eigenvalue weighted by molar-refractivity contribution is 7.90. The quantitative estimate of drug-likeness (QED) is 0.533. The molecule has 0 radical (unpaired) electrons. The summed E-state index contributed by atoms with van der Waals surface area (Å²) in [6.07, 6.45) is 5.53. The molecule has 32 heavy (non-hydrogen) atoms. The fraction of sp³-hybridized carbons (Fsp3) is 0.304. The largest absolute Gasteiger partial charge is 0.478 e. The number of nitrogens with one attached hydrogen (secondary N) is 2. The molecule has 0 saturated heterocycles. The Hall–Kier alpha value is -3.07. The minimum atomic E-state index is -2.76. The molecule has 1 unspecified atom stereocenters. The van der Waals surface area contributed by atoms with Crippen molar-refractivity contribution < 1.29 is 17.7 Å². The summed E-state index contributed by atoms with van der Waals surface area (Å²) in [7, 11) is -2.76. The van der Waals surface area contributed by atoms with E-state index in [2.05, 4.69) is 15.3 Å². The molecule has 3 aromatic rings. The van der Waals surface area contributed by atoms with Crippen LogP contribution in [0.4, 0.5) is 20.4 Å². The lowest BCUT2D eigenvalue weighted by molar-refractivity contribution is 0.294. The molecule has 0 spiro atoms. The van der Waals surface area contributed by atoms with Crippen molar-refractivity contribution in [3.63, 3.8) is 0 Å². The van der Waals surface area contributed by atoms with Gasteiger partial charge < -0.3 is 10.1 Å². The molecule has 0 amide bonds. The van der Waals surface area contributed by atoms with E-state index < -0.39 is 15.5 Å². The van der Waals surface area contributed by atoms with Gasteiger partial charge in [0, 0.05) is 27.6 Å². The second kappa shape index (κ2) is 9.20. The van der Waals surface area contributed by atoms with Crippen LogP contribution in [0.5, 0.6) is 5.88 Å². The number of fused-ring (bicyclic) bond motifs is 6. The average Bonchev–Trinajstić information content (AvgIpc) is 2.71. The van der Waals surface area contributed by atoms with E-state index in [1.807, 2.05) is 0 Å². The van der Waals surface area contributed by atoms with Crippen LogP contribution < -0.4 is 10.1 Å². The summed E-state index contributed by atoms with van der Waals surface area (Å²) in [5, 5.41) is 3.05. The van der Waals surface area contributed by atoms with Gasteiger partial charge in [-0.2, -0.15) is 4.98 Å². The minimum Gasteiger partial charge on any atom is -0.478 e. The van der Waals surface area contributed by atoms with Crippen LogP contribution in [0, 0.1) is 16.4 Å². The minimum absolute atomic E-state index is 0.0571. The first kappa shape index (κ1) is 22.1. The summed E-state index contributed by atoms with van der Waals surface area (Å²) >= 11 is 0. The zero-order chi connectivity index (χ0) is 22.7. The molecule has 0 aliphatic carbocycles. The molecular weight excluding hydrogens is 434 g/mol. The molecule has 6 nitrogen and oxygen atoms in total. The molecule has 9 heteroatoms. The van der Waals surface area contributed by atoms with E-state index in [-0.39, 0.29) is 11.6 Å². The number of anilines is 2. The van der Waals surface area contributed by atoms with Gasteiger partial charge in [-0.25, -0.2) is 18.0 Å². The number of benzene rings is 1. The number of rotatable bonds is 2. The maximum Gasteiger partial charge on any atom is 0.215 e. The molecule has 3 heterocycles. The van der Waals surface area contributed by atoms with Crippen LogP contribution in [-0.2, 0) is 21.9 Å². The number of hydrogen-bond donors (Lipinski definition) is 2. The van der Waals surface area contributed by atoms with Gasteiger partial charge >= 0.3 is 0 Å². The Balaban J connectivity index is 1.78. The predicted octanol–water partition coefficient (Wildman–Crippen LogP) is 5.45. The zero-order valence-corrected chi connectivity index (χ0v) is 18.5. The van der Waals surface area contributed by atoms with Gasteiger partial charge in [-0.1, -0.05) is 6.07 Å². The van der Waals surface area contributed by atoms with Gasteiger partial charge in [0.2, 0.25) is 5.88 Å². The molecule has 2 aromatic heterocycles. The van der Waals surface area contributed by atoms with E-state index in [0.717, 1.165) is 31.0 Å². The summed E-state index contributed by atoms with van der Waals surface area (Å²) in [5.74, 6) is 0.300. The third kappa shape index (κ3) is 5.59. The van der Waals surface area contributed by atoms with Crippen molar-refractivity contribution in [1.29, 1.82) is 4.78 Å². The highest BCUT2D eigenvalue weighted by Gasteiger charge is 2.15. The van der Waals surface area contributed by atoms with Crippen LogP contribution in [-0.4, -0.2) is 27.0 Å². The Morgan fingerprint density at radius 1 is 1.09 bits per heavy atom. The van der Waals surface area contributed by atoms with Gasteiger partial charge in [0.05, 0.1) is 18.6 Å². The molecule has 0 saturated carbocycles. The van der Waals surface area contributed by atoms with Crippen molar-refractivity contribution in [2.45, 2.75) is 31.4 Å². The number of aryl methyl sites for hydroxylation is 1. The molecule has 2 N–H and O–H groups in total. The third-order valence-corrected chi connectivity index (χ3v) is 6.00. The first-order valence-electron chi connectivity index (χ1n) is 10.3. The molecular formula is C23H24F2N4O2S. The van der Waals surface area contributed by atoms with Crippen LogP contribution in [0.25, 0.3) is 11.1 Å². The Kier molecular flexibility index (Phi) is 6.36. The van der Waals surface area contributed by atoms with Crippen LogP contribution in [0.2, 0.25) is 0 Å². The normalized spacial score (nSPS) is 15.8. The highest BCUT2D eigenvalue weighted by atomic mass is 32.2. The lowest BCUT2D eigenvalue weighted by Gasteiger charge is -2.13. The Labute approximate surface area is 186 Å². The molecule has 4 bridgehead atoms. The molecule has 1 aliphatic heterocycles. The molecule has 0 fully saturated rings. The highest BCUT2D eigenvalue weighted by Crippen LogP contribution is 2.31. The summed E-state index contributed by atoms with van der Waals surface area (Å²) in [5.41, 5.74) is 2.34. The van der Waals surface area contributed by atoms with E-state index in [9.17, 15) is 13.0 Å². The number of aromatic nitrogens is 2. The lowest BCUT2D eigenvalue weighted by Crippen LogP contribution is -2.05. The topological polar surface area (TPSA) is 88.0 Å². The molecule has 1 aromatic carbocycles. The number of pyridine rings is 2. The number of hydrogen-bond acceptors (Lipinski definition) is 6. The molecule has 4 rings (SSSR count). The molecule has 1 aliphatic rings. The van der Waals surface area contributed by atoms with Crippen molar-refractivity contribution >= 4 is 21.4 Å². The maximum absolute atomic E-state index is 14.7. The van der Waals surface area contributed by atoms with Crippen molar-refractivity contribution in [3.05, 3.63) is 65.4 Å². The van der Waals surface area contributed by atoms with Gasteiger partial charge in [0.25, 0.3) is 0 Å². The second-order valence-corrected chi connectivity index (χ2v) is 10.3. The Bertz CT molecular complexity index is 1250. The van der Waals surface area contributed by atoms with Gasteiger partial charge in [-0.05, 0) is 66.6 Å². The average molecular weight is 459 g/mol. The fourth-order valence-electron chi connectivity index (χ4n) is 3.75. The van der Waals surface area contributed by atoms with Crippen LogP contribution in [0.1, 0.15) is 30.4 Å². The second-order valence-electron chi connectivity index (χ2n) is 7.98. The summed E-state index contributed by atoms with van der Waals surface area (Å²) in [4.78, 5) is 8.55. The fourth-order valence-corrected chi connectivity index (χ4v) is 4.55. The first-order chi connectivity index (χ1) is 15.3. The van der Waals surface area contributed by atoms with Crippen molar-refractivity contribution in [2.24, 2.45) is 0 Å². The van der Waals surface area contributed by atoms with Crippen molar-refractivity contribution in [1.82, 2.24) is 9.97 Å². The van der Waals surface area contributed by atoms with Gasteiger partial charge in [0.1, 0.15) is 23.3 Å². The van der Waals surface area contributed by atoms with Crippen molar-refractivity contribution in [2.75, 3.05) is 18.2 Å². The van der Waals surface area contributed by atoms with Crippen molar-refractivity contribution in [3.8, 4) is 17.0 Å². The van der Waals surface area contributed by atoms with E-state index in [4.69, 9.17) is 9.52 Å². The Morgan fingerprint density at radius 3 is 2.75 bits per heavy atom. The summed E-state index contributed by atoms with van der Waals surface area (Å²) in [6.45, 7) is 0.439. The number of halogens is 2. The lowest BCUT2D eigenvalue weighted by atomic mass is 9.96. The monoisotopic (exact) mass is 458 g/mol. The number of nitrogens with zero attached hydrogens (tertiary/aromatic N) is 2. The van der Waals surface area contributed by atoms with E-state index in [1.165, 1.54) is 18.4 Å². The van der Waals surface area contributed by atoms with Gasteiger partial charge in [-0.15, -0.1) is 0 Å². The van der Waals surface area contributed by atoms with E-state index in [0.29, 0.717) is 47.2 Å². The van der Waals surface area contributed by atoms with E-state index >= 15 is 0 Å². The standard InChI is InChI=1S/C23H24F2N4O2S/c1-32(26,30)14-15-9-22-28-21-12-19(20(25)13-27-21)18-7-6-17(24)11-16(18)5-3-2-4-8-31-23(10-15)29-22/h6-7,9-13,26H,2-5,8,14H2,1H3,(H,27,28,29). The summed E-state index contributed by atoms with van der Waals surface area (Å²) < 4.78 is 54.2. The maximum atomic E-state index is 14.7. The van der Waals surface area contributed by atoms with Crippen LogP contribution >= 0.6 is 0 Å². The zero-order valence-electron chi connectivity index (χ0n) is 17.7. The third-order valence-electron chi connectivity index (χ3n) is 5.11. The van der Waals surface area contributed by atoms with Crippen LogP contribution in [0.3, 0.4) is 0 Å². The first-order valence-corrected chi connectivity index (χ1v) is 12.5.